The van der Waals surface area contributed by atoms with Crippen molar-refractivity contribution in [3.63, 3.8) is 0 Å². The molecule has 0 spiro atoms. The summed E-state index contributed by atoms with van der Waals surface area (Å²) < 4.78 is 0. The van der Waals surface area contributed by atoms with Gasteiger partial charge in [-0.2, -0.15) is 0 Å². The topological polar surface area (TPSA) is 54.5 Å². The van der Waals surface area contributed by atoms with Crippen molar-refractivity contribution >= 4 is 18.5 Å². The number of hydrogen-bond acceptors (Lipinski definition) is 3. The summed E-state index contributed by atoms with van der Waals surface area (Å²) in [4.78, 5) is 35.6. The largest absolute Gasteiger partial charge is 0.322 e. The minimum Gasteiger partial charge on any atom is -0.322 e. The maximum atomic E-state index is 12.2. The van der Waals surface area contributed by atoms with Crippen molar-refractivity contribution in [3.05, 3.63) is 35.4 Å². The molecule has 4 heteroatoms. The smallest absolute Gasteiger partial charge is 0.255 e. The normalized spacial score (nSPS) is 17.2. The van der Waals surface area contributed by atoms with E-state index in [1.54, 1.807) is 17.9 Å². The molecule has 0 saturated carbocycles. The van der Waals surface area contributed by atoms with E-state index >= 15 is 0 Å². The van der Waals surface area contributed by atoms with Gasteiger partial charge in [-0.05, 0) is 25.0 Å². The second-order valence-corrected chi connectivity index (χ2v) is 4.73. The van der Waals surface area contributed by atoms with Crippen LogP contribution in [0.15, 0.2) is 24.3 Å². The molecule has 1 aliphatic heterocycles. The van der Waals surface area contributed by atoms with Crippen molar-refractivity contribution in [1.29, 1.82) is 0 Å². The third kappa shape index (κ3) is 1.94. The van der Waals surface area contributed by atoms with Crippen molar-refractivity contribution in [3.8, 4) is 0 Å². The maximum Gasteiger partial charge on any atom is 0.255 e. The van der Waals surface area contributed by atoms with Crippen LogP contribution in [0.3, 0.4) is 0 Å². The highest BCUT2D eigenvalue weighted by atomic mass is 16.2. The number of hydrogen-bond donors (Lipinski definition) is 0. The summed E-state index contributed by atoms with van der Waals surface area (Å²) in [6.45, 7) is 2.14. The summed E-state index contributed by atoms with van der Waals surface area (Å²) in [5, 5.41) is 0. The number of aldehydes is 2. The van der Waals surface area contributed by atoms with Gasteiger partial charge in [0.15, 0.2) is 0 Å². The van der Waals surface area contributed by atoms with Gasteiger partial charge in [0.2, 0.25) is 0 Å². The van der Waals surface area contributed by atoms with Crippen LogP contribution >= 0.6 is 0 Å². The van der Waals surface area contributed by atoms with Crippen molar-refractivity contribution in [2.45, 2.75) is 31.8 Å². The van der Waals surface area contributed by atoms with Crippen LogP contribution in [0, 0.1) is 0 Å². The van der Waals surface area contributed by atoms with E-state index in [1.165, 1.54) is 0 Å². The second-order valence-electron chi connectivity index (χ2n) is 4.73. The number of fused-ring (bicyclic) bond motifs is 1. The molecule has 1 atom stereocenters. The number of nitrogens with zero attached hydrogens (tertiary/aromatic N) is 1. The molecule has 18 heavy (non-hydrogen) atoms. The number of carbonyl (C=O) groups is 3. The Kier molecular flexibility index (Phi) is 3.28. The van der Waals surface area contributed by atoms with Crippen molar-refractivity contribution in [2.75, 3.05) is 0 Å². The standard InChI is InChI=1S/C14H15NO3/c1-14(10-17,7-4-8-16)15-9-11-5-2-3-6-12(11)13(15)18/h2-3,5-6,8,10H,4,7,9H2,1H3. The first-order chi connectivity index (χ1) is 8.62. The lowest BCUT2D eigenvalue weighted by molar-refractivity contribution is -0.117. The average molecular weight is 245 g/mol. The first-order valence-corrected chi connectivity index (χ1v) is 5.92. The average Bonchev–Trinajstić information content (AvgIpc) is 2.75. The molecule has 0 saturated heterocycles. The Bertz CT molecular complexity index is 498. The number of rotatable bonds is 5. The number of carbonyl (C=O) groups excluding carboxylic acids is 3. The Labute approximate surface area is 106 Å². The molecule has 0 N–H and O–H groups in total. The SMILES string of the molecule is CC(C=O)(CCC=O)N1Cc2ccccc2C1=O. The highest BCUT2D eigenvalue weighted by Crippen LogP contribution is 2.30. The van der Waals surface area contributed by atoms with Gasteiger partial charge in [0.05, 0.1) is 5.54 Å². The quantitative estimate of drug-likeness (QED) is 0.740. The predicted molar refractivity (Wildman–Crippen MR) is 66.1 cm³/mol. The van der Waals surface area contributed by atoms with Crippen LogP contribution in [0.5, 0.6) is 0 Å². The van der Waals surface area contributed by atoms with Gasteiger partial charge >= 0.3 is 0 Å². The maximum absolute atomic E-state index is 12.2. The molecule has 94 valence electrons. The van der Waals surface area contributed by atoms with Gasteiger partial charge < -0.3 is 14.5 Å². The van der Waals surface area contributed by atoms with E-state index in [-0.39, 0.29) is 12.3 Å². The minimum atomic E-state index is -0.906. The highest BCUT2D eigenvalue weighted by molar-refractivity contribution is 6.00. The Morgan fingerprint density at radius 2 is 2.06 bits per heavy atom. The van der Waals surface area contributed by atoms with Gasteiger partial charge in [0, 0.05) is 18.5 Å². The van der Waals surface area contributed by atoms with Crippen molar-refractivity contribution < 1.29 is 14.4 Å². The highest BCUT2D eigenvalue weighted by Gasteiger charge is 2.39. The van der Waals surface area contributed by atoms with Gasteiger partial charge in [-0.15, -0.1) is 0 Å². The van der Waals surface area contributed by atoms with Gasteiger partial charge in [-0.1, -0.05) is 18.2 Å². The zero-order valence-corrected chi connectivity index (χ0v) is 10.3. The lowest BCUT2D eigenvalue weighted by Gasteiger charge is -2.33. The monoisotopic (exact) mass is 245 g/mol. The van der Waals surface area contributed by atoms with E-state index < -0.39 is 5.54 Å². The molecule has 0 bridgehead atoms. The van der Waals surface area contributed by atoms with Gasteiger partial charge in [0.25, 0.3) is 5.91 Å². The summed E-state index contributed by atoms with van der Waals surface area (Å²) in [5.41, 5.74) is 0.676. The molecule has 0 aromatic heterocycles. The lowest BCUT2D eigenvalue weighted by Crippen LogP contribution is -2.47. The molecular formula is C14H15NO3. The molecule has 4 nitrogen and oxygen atoms in total. The van der Waals surface area contributed by atoms with E-state index in [4.69, 9.17) is 0 Å². The first kappa shape index (κ1) is 12.5. The first-order valence-electron chi connectivity index (χ1n) is 5.92. The van der Waals surface area contributed by atoms with E-state index in [0.29, 0.717) is 18.5 Å². The molecule has 0 radical (unpaired) electrons. The molecule has 1 aliphatic rings. The van der Waals surface area contributed by atoms with E-state index in [9.17, 15) is 14.4 Å². The molecule has 1 heterocycles. The fraction of sp³-hybridized carbons (Fsp3) is 0.357. The number of amides is 1. The molecule has 0 aliphatic carbocycles. The Morgan fingerprint density at radius 1 is 1.33 bits per heavy atom. The Morgan fingerprint density at radius 3 is 2.67 bits per heavy atom. The fourth-order valence-electron chi connectivity index (χ4n) is 2.28. The van der Waals surface area contributed by atoms with Gasteiger partial charge in [-0.25, -0.2) is 0 Å². The molecule has 1 amide bonds. The van der Waals surface area contributed by atoms with Gasteiger partial charge in [0.1, 0.15) is 12.6 Å². The van der Waals surface area contributed by atoms with Crippen LogP contribution in [0.4, 0.5) is 0 Å². The van der Waals surface area contributed by atoms with Crippen LogP contribution in [-0.4, -0.2) is 28.9 Å². The van der Waals surface area contributed by atoms with Crippen molar-refractivity contribution in [1.82, 2.24) is 4.90 Å². The molecule has 0 fully saturated rings. The molecular weight excluding hydrogens is 230 g/mol. The summed E-state index contributed by atoms with van der Waals surface area (Å²) >= 11 is 0. The number of benzene rings is 1. The van der Waals surface area contributed by atoms with E-state index in [0.717, 1.165) is 18.1 Å². The van der Waals surface area contributed by atoms with Gasteiger partial charge in [-0.3, -0.25) is 4.79 Å². The van der Waals surface area contributed by atoms with Crippen molar-refractivity contribution in [2.24, 2.45) is 0 Å². The molecule has 1 aromatic rings. The third-order valence-electron chi connectivity index (χ3n) is 3.46. The Balaban J connectivity index is 2.28. The molecule has 2 rings (SSSR count). The zero-order chi connectivity index (χ0) is 13.2. The van der Waals surface area contributed by atoms with Crippen LogP contribution < -0.4 is 0 Å². The van der Waals surface area contributed by atoms with E-state index in [2.05, 4.69) is 0 Å². The minimum absolute atomic E-state index is 0.133. The van der Waals surface area contributed by atoms with Crippen LogP contribution in [0.2, 0.25) is 0 Å². The summed E-state index contributed by atoms with van der Waals surface area (Å²) in [7, 11) is 0. The summed E-state index contributed by atoms with van der Waals surface area (Å²) in [6, 6.07) is 7.34. The van der Waals surface area contributed by atoms with Crippen LogP contribution in [-0.2, 0) is 16.1 Å². The fourth-order valence-corrected chi connectivity index (χ4v) is 2.28. The molecule has 1 aromatic carbocycles. The van der Waals surface area contributed by atoms with E-state index in [1.807, 2.05) is 18.2 Å². The summed E-state index contributed by atoms with van der Waals surface area (Å²) in [5.74, 6) is -0.133. The lowest BCUT2D eigenvalue weighted by atomic mass is 9.96. The summed E-state index contributed by atoms with van der Waals surface area (Å²) in [6.07, 6.45) is 2.17. The second kappa shape index (κ2) is 4.72. The zero-order valence-electron chi connectivity index (χ0n) is 10.3. The third-order valence-corrected chi connectivity index (χ3v) is 3.46. The Hall–Kier alpha value is -1.97. The predicted octanol–water partition coefficient (Wildman–Crippen LogP) is 1.58. The van der Waals surface area contributed by atoms with Crippen LogP contribution in [0.1, 0.15) is 35.7 Å². The van der Waals surface area contributed by atoms with Crippen LogP contribution in [0.25, 0.3) is 0 Å². The molecule has 1 unspecified atom stereocenters.